The minimum atomic E-state index is -0.509. The third-order valence-electron chi connectivity index (χ3n) is 4.58. The molecule has 29 heavy (non-hydrogen) atoms. The van der Waals surface area contributed by atoms with Crippen LogP contribution in [-0.2, 0) is 4.79 Å². The highest BCUT2D eigenvalue weighted by Crippen LogP contribution is 2.28. The SMILES string of the molecule is N/C(=C\C(Nc1ccnc(NC(=O)C2CCC2)c1)=C(/N)S)c1cc(Cl)ccc1F. The number of benzene rings is 1. The first-order valence-electron chi connectivity index (χ1n) is 8.98. The second-order valence-corrected chi connectivity index (χ2v) is 7.61. The number of allylic oxidation sites excluding steroid dienone is 1. The Morgan fingerprint density at radius 3 is 2.66 bits per heavy atom. The summed E-state index contributed by atoms with van der Waals surface area (Å²) in [5.41, 5.74) is 13.1. The number of halogens is 2. The standard InChI is InChI=1S/C20H21ClFN5OS/c21-12-4-5-15(22)14(8-12)16(23)10-17(19(24)29)26-13-6-7-25-18(9-13)27-20(28)11-2-1-3-11/h4-11,29H,1-3,23-24H2,(H2,25,26,27,28)/b16-10-,19-17-. The van der Waals surface area contributed by atoms with Crippen molar-refractivity contribution >= 4 is 47.3 Å². The molecule has 6 N–H and O–H groups in total. The van der Waals surface area contributed by atoms with E-state index < -0.39 is 5.82 Å². The number of rotatable bonds is 6. The molecule has 1 saturated carbocycles. The normalized spacial score (nSPS) is 15.3. The molecule has 152 valence electrons. The van der Waals surface area contributed by atoms with Crippen LogP contribution in [0.2, 0.25) is 5.02 Å². The molecular formula is C20H21ClFN5OS. The van der Waals surface area contributed by atoms with E-state index in [-0.39, 0.29) is 28.1 Å². The van der Waals surface area contributed by atoms with E-state index in [2.05, 4.69) is 28.2 Å². The van der Waals surface area contributed by atoms with Crippen molar-refractivity contribution in [3.8, 4) is 0 Å². The Kier molecular flexibility index (Phi) is 6.66. The third-order valence-corrected chi connectivity index (χ3v) is 5.06. The largest absolute Gasteiger partial charge is 0.398 e. The van der Waals surface area contributed by atoms with Gasteiger partial charge in [0.15, 0.2) is 0 Å². The van der Waals surface area contributed by atoms with Crippen LogP contribution in [0.1, 0.15) is 24.8 Å². The highest BCUT2D eigenvalue weighted by Gasteiger charge is 2.25. The minimum Gasteiger partial charge on any atom is -0.398 e. The Morgan fingerprint density at radius 2 is 2.00 bits per heavy atom. The van der Waals surface area contributed by atoms with Crippen molar-refractivity contribution in [2.24, 2.45) is 17.4 Å². The van der Waals surface area contributed by atoms with Crippen LogP contribution in [0.3, 0.4) is 0 Å². The number of hydrogen-bond acceptors (Lipinski definition) is 6. The van der Waals surface area contributed by atoms with Crippen LogP contribution in [0.5, 0.6) is 0 Å². The zero-order valence-corrected chi connectivity index (χ0v) is 17.1. The van der Waals surface area contributed by atoms with Crippen molar-refractivity contribution in [2.45, 2.75) is 19.3 Å². The lowest BCUT2D eigenvalue weighted by Gasteiger charge is -2.23. The van der Waals surface area contributed by atoms with E-state index in [0.717, 1.165) is 19.3 Å². The number of thiol groups is 1. The highest BCUT2D eigenvalue weighted by molar-refractivity contribution is 7.84. The molecule has 9 heteroatoms. The van der Waals surface area contributed by atoms with Gasteiger partial charge in [-0.3, -0.25) is 4.79 Å². The first kappa shape index (κ1) is 21.0. The summed E-state index contributed by atoms with van der Waals surface area (Å²) in [4.78, 5) is 16.3. The predicted octanol–water partition coefficient (Wildman–Crippen LogP) is 4.08. The van der Waals surface area contributed by atoms with Gasteiger partial charge in [-0.25, -0.2) is 9.37 Å². The fraction of sp³-hybridized carbons (Fsp3) is 0.200. The molecule has 0 radical (unpaired) electrons. The van der Waals surface area contributed by atoms with Gasteiger partial charge >= 0.3 is 0 Å². The second-order valence-electron chi connectivity index (χ2n) is 6.69. The number of nitrogens with two attached hydrogens (primary N) is 2. The second kappa shape index (κ2) is 9.19. The van der Waals surface area contributed by atoms with Crippen molar-refractivity contribution in [1.82, 2.24) is 4.98 Å². The number of carbonyl (C=O) groups excluding carboxylic acids is 1. The smallest absolute Gasteiger partial charge is 0.228 e. The number of aromatic nitrogens is 1. The van der Waals surface area contributed by atoms with Gasteiger partial charge in [0.2, 0.25) is 5.91 Å². The Bertz CT molecular complexity index is 987. The van der Waals surface area contributed by atoms with Crippen LogP contribution in [-0.4, -0.2) is 10.9 Å². The molecule has 3 rings (SSSR count). The van der Waals surface area contributed by atoms with Crippen LogP contribution < -0.4 is 22.1 Å². The number of carbonyl (C=O) groups is 1. The highest BCUT2D eigenvalue weighted by atomic mass is 35.5. The Labute approximate surface area is 178 Å². The average molecular weight is 434 g/mol. The first-order valence-corrected chi connectivity index (χ1v) is 9.81. The first-order chi connectivity index (χ1) is 13.8. The number of nitrogens with one attached hydrogen (secondary N) is 2. The quantitative estimate of drug-likeness (QED) is 0.348. The van der Waals surface area contributed by atoms with E-state index in [0.29, 0.717) is 22.2 Å². The van der Waals surface area contributed by atoms with Crippen molar-refractivity contribution in [1.29, 1.82) is 0 Å². The van der Waals surface area contributed by atoms with Crippen molar-refractivity contribution in [3.63, 3.8) is 0 Å². The van der Waals surface area contributed by atoms with Crippen LogP contribution in [0.25, 0.3) is 5.70 Å². The zero-order valence-electron chi connectivity index (χ0n) is 15.5. The molecule has 1 aromatic carbocycles. The molecule has 1 fully saturated rings. The molecule has 1 aliphatic rings. The van der Waals surface area contributed by atoms with Crippen LogP contribution >= 0.6 is 24.2 Å². The lowest BCUT2D eigenvalue weighted by Crippen LogP contribution is -2.28. The average Bonchev–Trinajstić information content (AvgIpc) is 2.61. The van der Waals surface area contributed by atoms with Crippen molar-refractivity contribution in [3.05, 3.63) is 69.7 Å². The summed E-state index contributed by atoms with van der Waals surface area (Å²) in [5, 5.41) is 6.37. The lowest BCUT2D eigenvalue weighted by molar-refractivity contribution is -0.122. The van der Waals surface area contributed by atoms with Crippen LogP contribution in [0.4, 0.5) is 15.9 Å². The number of pyridine rings is 1. The van der Waals surface area contributed by atoms with Gasteiger partial charge in [-0.15, -0.1) is 12.6 Å². The maximum Gasteiger partial charge on any atom is 0.228 e. The van der Waals surface area contributed by atoms with Gasteiger partial charge < -0.3 is 22.1 Å². The lowest BCUT2D eigenvalue weighted by atomic mass is 9.85. The van der Waals surface area contributed by atoms with Gasteiger partial charge in [0.1, 0.15) is 11.6 Å². The maximum atomic E-state index is 14.1. The molecule has 0 unspecified atom stereocenters. The monoisotopic (exact) mass is 433 g/mol. The van der Waals surface area contributed by atoms with Crippen LogP contribution in [0.15, 0.2) is 53.3 Å². The zero-order chi connectivity index (χ0) is 21.0. The summed E-state index contributed by atoms with van der Waals surface area (Å²) >= 11 is 10.1. The molecule has 0 bridgehead atoms. The molecule has 1 aliphatic carbocycles. The van der Waals surface area contributed by atoms with E-state index in [1.165, 1.54) is 24.3 Å². The molecule has 1 heterocycles. The van der Waals surface area contributed by atoms with Gasteiger partial charge in [-0.2, -0.15) is 0 Å². The summed E-state index contributed by atoms with van der Waals surface area (Å²) in [6.45, 7) is 0. The van der Waals surface area contributed by atoms with E-state index >= 15 is 0 Å². The van der Waals surface area contributed by atoms with Crippen molar-refractivity contribution in [2.75, 3.05) is 10.6 Å². The van der Waals surface area contributed by atoms with E-state index in [9.17, 15) is 9.18 Å². The van der Waals surface area contributed by atoms with Gasteiger partial charge in [0.05, 0.1) is 10.7 Å². The third kappa shape index (κ3) is 5.42. The summed E-state index contributed by atoms with van der Waals surface area (Å²) < 4.78 is 14.1. The summed E-state index contributed by atoms with van der Waals surface area (Å²) in [5.74, 6) is -0.0785. The Hall–Kier alpha value is -2.71. The van der Waals surface area contributed by atoms with E-state index in [1.54, 1.807) is 18.3 Å². The molecule has 0 aliphatic heterocycles. The fourth-order valence-corrected chi connectivity index (χ4v) is 3.05. The molecule has 1 aromatic heterocycles. The summed E-state index contributed by atoms with van der Waals surface area (Å²) in [6.07, 6.45) is 5.89. The maximum absolute atomic E-state index is 14.1. The minimum absolute atomic E-state index is 0.0362. The summed E-state index contributed by atoms with van der Waals surface area (Å²) in [7, 11) is 0. The fourth-order valence-electron chi connectivity index (χ4n) is 2.76. The topological polar surface area (TPSA) is 106 Å². The van der Waals surface area contributed by atoms with Gasteiger partial charge in [0.25, 0.3) is 0 Å². The van der Waals surface area contributed by atoms with E-state index in [1.807, 2.05) is 0 Å². The van der Waals surface area contributed by atoms with Gasteiger partial charge in [-0.1, -0.05) is 18.0 Å². The number of anilines is 2. The summed E-state index contributed by atoms with van der Waals surface area (Å²) in [6, 6.07) is 7.46. The Balaban J connectivity index is 1.79. The van der Waals surface area contributed by atoms with Gasteiger partial charge in [-0.05, 0) is 43.2 Å². The molecular weight excluding hydrogens is 413 g/mol. The van der Waals surface area contributed by atoms with Gasteiger partial charge in [0, 0.05) is 40.2 Å². The molecule has 2 aromatic rings. The van der Waals surface area contributed by atoms with Crippen molar-refractivity contribution < 1.29 is 9.18 Å². The molecule has 0 atom stereocenters. The molecule has 0 spiro atoms. The van der Waals surface area contributed by atoms with Crippen LogP contribution in [0, 0.1) is 11.7 Å². The molecule has 0 saturated heterocycles. The predicted molar refractivity (Wildman–Crippen MR) is 118 cm³/mol. The molecule has 6 nitrogen and oxygen atoms in total. The molecule has 1 amide bonds. The number of hydrogen-bond donors (Lipinski definition) is 5. The Morgan fingerprint density at radius 1 is 1.24 bits per heavy atom. The number of nitrogens with zero attached hydrogens (tertiary/aromatic N) is 1. The van der Waals surface area contributed by atoms with E-state index in [4.69, 9.17) is 23.1 Å². The number of amides is 1.